The van der Waals surface area contributed by atoms with E-state index in [0.29, 0.717) is 12.9 Å². The van der Waals surface area contributed by atoms with Crippen molar-refractivity contribution in [3.05, 3.63) is 29.8 Å². The van der Waals surface area contributed by atoms with Crippen molar-refractivity contribution in [1.82, 2.24) is 0 Å². The fraction of sp³-hybridized carbons (Fsp3) is 0.591. The molecule has 0 unspecified atom stereocenters. The highest BCUT2D eigenvalue weighted by Gasteiger charge is 2.46. The van der Waals surface area contributed by atoms with Gasteiger partial charge in [-0.25, -0.2) is 0 Å². The second kappa shape index (κ2) is 12.3. The van der Waals surface area contributed by atoms with E-state index in [9.17, 15) is 14.4 Å². The normalized spacial score (nSPS) is 11.1. The summed E-state index contributed by atoms with van der Waals surface area (Å²) in [7, 11) is 0. The van der Waals surface area contributed by atoms with Crippen molar-refractivity contribution in [2.75, 3.05) is 6.61 Å². The molecule has 5 nitrogen and oxygen atoms in total. The quantitative estimate of drug-likeness (QED) is 0.157. The number of benzene rings is 1. The Morgan fingerprint density at radius 3 is 2.19 bits per heavy atom. The summed E-state index contributed by atoms with van der Waals surface area (Å²) in [4.78, 5) is 36.5. The lowest BCUT2D eigenvalue weighted by Gasteiger charge is -2.27. The minimum Gasteiger partial charge on any atom is -0.465 e. The number of hydrogen-bond donors (Lipinski definition) is 0. The monoisotopic (exact) mass is 376 g/mol. The first kappa shape index (κ1) is 22.9. The predicted octanol–water partition coefficient (Wildman–Crippen LogP) is 5.11. The molecule has 0 fully saturated rings. The van der Waals surface area contributed by atoms with E-state index < -0.39 is 17.4 Å². The standard InChI is InChI=1S/C22H32O5/c1-4-7-8-9-10-13-16-26-20(24)22(5-2,6-3)21(25)27-19-15-12-11-14-18(19)17-23/h11-12,14-15,17H,4-10,13,16H2,1-3H3. The zero-order chi connectivity index (χ0) is 20.1. The van der Waals surface area contributed by atoms with Crippen molar-refractivity contribution in [2.24, 2.45) is 5.41 Å². The van der Waals surface area contributed by atoms with E-state index in [1.54, 1.807) is 38.1 Å². The number of esters is 2. The van der Waals surface area contributed by atoms with Gasteiger partial charge in [-0.05, 0) is 31.4 Å². The number of ether oxygens (including phenoxy) is 2. The molecular formula is C22H32O5. The van der Waals surface area contributed by atoms with Crippen LogP contribution in [-0.2, 0) is 14.3 Å². The Morgan fingerprint density at radius 1 is 0.926 bits per heavy atom. The highest BCUT2D eigenvalue weighted by atomic mass is 16.6. The van der Waals surface area contributed by atoms with Gasteiger partial charge in [0.2, 0.25) is 0 Å². The number of carbonyl (C=O) groups excluding carboxylic acids is 3. The number of rotatable bonds is 13. The maximum Gasteiger partial charge on any atom is 0.328 e. The van der Waals surface area contributed by atoms with Crippen LogP contribution in [0.2, 0.25) is 0 Å². The van der Waals surface area contributed by atoms with Gasteiger partial charge in [0, 0.05) is 0 Å². The van der Waals surface area contributed by atoms with Gasteiger partial charge in [0.25, 0.3) is 0 Å². The highest BCUT2D eigenvalue weighted by Crippen LogP contribution is 2.31. The van der Waals surface area contributed by atoms with Gasteiger partial charge in [-0.15, -0.1) is 0 Å². The molecule has 150 valence electrons. The maximum absolute atomic E-state index is 12.8. The summed E-state index contributed by atoms with van der Waals surface area (Å²) in [6.07, 6.45) is 7.73. The van der Waals surface area contributed by atoms with Crippen LogP contribution in [0.4, 0.5) is 0 Å². The average molecular weight is 376 g/mol. The summed E-state index contributed by atoms with van der Waals surface area (Å²) in [5.74, 6) is -1.06. The van der Waals surface area contributed by atoms with Crippen molar-refractivity contribution in [2.45, 2.75) is 72.1 Å². The van der Waals surface area contributed by atoms with Crippen LogP contribution in [0.1, 0.15) is 82.5 Å². The van der Waals surface area contributed by atoms with Crippen LogP contribution >= 0.6 is 0 Å². The Morgan fingerprint density at radius 2 is 1.56 bits per heavy atom. The van der Waals surface area contributed by atoms with Crippen molar-refractivity contribution in [3.63, 3.8) is 0 Å². The second-order valence-corrected chi connectivity index (χ2v) is 6.74. The molecule has 0 amide bonds. The fourth-order valence-corrected chi connectivity index (χ4v) is 2.96. The molecule has 0 aliphatic carbocycles. The molecule has 1 aromatic rings. The first-order chi connectivity index (χ1) is 13.1. The molecule has 0 saturated carbocycles. The highest BCUT2D eigenvalue weighted by molar-refractivity contribution is 6.01. The Balaban J connectivity index is 2.68. The van der Waals surface area contributed by atoms with E-state index in [-0.39, 0.29) is 24.2 Å². The SMILES string of the molecule is CCCCCCCCOC(=O)C(CC)(CC)C(=O)Oc1ccccc1C=O. The number of unbranched alkanes of at least 4 members (excludes halogenated alkanes) is 5. The molecule has 0 aromatic heterocycles. The number of hydrogen-bond acceptors (Lipinski definition) is 5. The summed E-state index contributed by atoms with van der Waals surface area (Å²) in [5, 5.41) is 0. The Labute approximate surface area is 162 Å². The first-order valence-corrected chi connectivity index (χ1v) is 9.99. The molecule has 0 aliphatic heterocycles. The van der Waals surface area contributed by atoms with Crippen LogP contribution in [-0.4, -0.2) is 24.8 Å². The van der Waals surface area contributed by atoms with Gasteiger partial charge in [0.1, 0.15) is 5.75 Å². The summed E-state index contributed by atoms with van der Waals surface area (Å²) in [6.45, 7) is 6.01. The maximum atomic E-state index is 12.8. The third-order valence-corrected chi connectivity index (χ3v) is 4.97. The fourth-order valence-electron chi connectivity index (χ4n) is 2.96. The average Bonchev–Trinajstić information content (AvgIpc) is 2.69. The van der Waals surface area contributed by atoms with Gasteiger partial charge in [-0.2, -0.15) is 0 Å². The van der Waals surface area contributed by atoms with Gasteiger partial charge in [-0.3, -0.25) is 14.4 Å². The van der Waals surface area contributed by atoms with E-state index in [0.717, 1.165) is 19.3 Å². The molecule has 0 bridgehead atoms. The number of carbonyl (C=O) groups is 3. The zero-order valence-electron chi connectivity index (χ0n) is 16.8. The van der Waals surface area contributed by atoms with E-state index in [1.165, 1.54) is 19.3 Å². The van der Waals surface area contributed by atoms with Crippen LogP contribution in [0.5, 0.6) is 5.75 Å². The molecular weight excluding hydrogens is 344 g/mol. The summed E-state index contributed by atoms with van der Waals surface area (Å²) in [5.41, 5.74) is -1.08. The Bertz CT molecular complexity index is 604. The van der Waals surface area contributed by atoms with Gasteiger partial charge in [0.05, 0.1) is 12.2 Å². The molecule has 0 spiro atoms. The van der Waals surface area contributed by atoms with Crippen molar-refractivity contribution < 1.29 is 23.9 Å². The molecule has 0 saturated heterocycles. The van der Waals surface area contributed by atoms with Crippen LogP contribution in [0.15, 0.2) is 24.3 Å². The topological polar surface area (TPSA) is 69.7 Å². The number of aldehydes is 1. The van der Waals surface area contributed by atoms with Gasteiger partial charge in [-0.1, -0.05) is 65.0 Å². The molecule has 0 heterocycles. The molecule has 0 aliphatic rings. The minimum absolute atomic E-state index is 0.160. The van der Waals surface area contributed by atoms with E-state index in [2.05, 4.69) is 6.92 Å². The van der Waals surface area contributed by atoms with E-state index in [1.807, 2.05) is 0 Å². The summed E-state index contributed by atoms with van der Waals surface area (Å²) >= 11 is 0. The first-order valence-electron chi connectivity index (χ1n) is 9.99. The van der Waals surface area contributed by atoms with Crippen LogP contribution in [0.25, 0.3) is 0 Å². The number of para-hydroxylation sites is 1. The van der Waals surface area contributed by atoms with E-state index >= 15 is 0 Å². The van der Waals surface area contributed by atoms with Crippen LogP contribution < -0.4 is 4.74 Å². The van der Waals surface area contributed by atoms with Crippen LogP contribution in [0.3, 0.4) is 0 Å². The smallest absolute Gasteiger partial charge is 0.328 e. The minimum atomic E-state index is -1.35. The van der Waals surface area contributed by atoms with Gasteiger partial charge >= 0.3 is 11.9 Å². The second-order valence-electron chi connectivity index (χ2n) is 6.74. The van der Waals surface area contributed by atoms with Gasteiger partial charge in [0.15, 0.2) is 11.7 Å². The van der Waals surface area contributed by atoms with Crippen LogP contribution in [0, 0.1) is 5.41 Å². The molecule has 1 aromatic carbocycles. The lowest BCUT2D eigenvalue weighted by Crippen LogP contribution is -2.42. The third kappa shape index (κ3) is 6.49. The predicted molar refractivity (Wildman–Crippen MR) is 105 cm³/mol. The van der Waals surface area contributed by atoms with Crippen molar-refractivity contribution in [3.8, 4) is 5.75 Å². The third-order valence-electron chi connectivity index (χ3n) is 4.97. The summed E-state index contributed by atoms with van der Waals surface area (Å²) in [6, 6.07) is 6.46. The molecule has 1 rings (SSSR count). The summed E-state index contributed by atoms with van der Waals surface area (Å²) < 4.78 is 10.8. The molecule has 0 atom stereocenters. The lowest BCUT2D eigenvalue weighted by molar-refractivity contribution is -0.168. The molecule has 0 N–H and O–H groups in total. The Hall–Kier alpha value is -2.17. The lowest BCUT2D eigenvalue weighted by atomic mass is 9.82. The molecule has 5 heteroatoms. The Kier molecular flexibility index (Phi) is 10.4. The molecule has 0 radical (unpaired) electrons. The zero-order valence-corrected chi connectivity index (χ0v) is 16.8. The van der Waals surface area contributed by atoms with E-state index in [4.69, 9.17) is 9.47 Å². The molecule has 27 heavy (non-hydrogen) atoms. The largest absolute Gasteiger partial charge is 0.465 e. The van der Waals surface area contributed by atoms with Crippen molar-refractivity contribution >= 4 is 18.2 Å². The van der Waals surface area contributed by atoms with Crippen molar-refractivity contribution in [1.29, 1.82) is 0 Å². The van der Waals surface area contributed by atoms with Gasteiger partial charge < -0.3 is 9.47 Å².